The van der Waals surface area contributed by atoms with Crippen molar-refractivity contribution in [3.8, 4) is 0 Å². The number of nitrogens with two attached hydrogens (primary N) is 1. The number of hydrogen-bond donors (Lipinski definition) is 1. The summed E-state index contributed by atoms with van der Waals surface area (Å²) < 4.78 is 5.81. The Morgan fingerprint density at radius 2 is 2.24 bits per heavy atom. The number of carbonyl (C=O) groups excluding carboxylic acids is 1. The first-order valence-corrected chi connectivity index (χ1v) is 6.76. The van der Waals surface area contributed by atoms with E-state index in [-0.39, 0.29) is 23.5 Å². The summed E-state index contributed by atoms with van der Waals surface area (Å²) in [5, 5.41) is 0. The van der Waals surface area contributed by atoms with Gasteiger partial charge in [0.15, 0.2) is 0 Å². The zero-order valence-electron chi connectivity index (χ0n) is 10.9. The van der Waals surface area contributed by atoms with Gasteiger partial charge in [-0.1, -0.05) is 20.3 Å². The molecule has 1 aliphatic heterocycles. The smallest absolute Gasteiger partial charge is 0.239 e. The molecule has 1 saturated carbocycles. The maximum atomic E-state index is 12.3. The van der Waals surface area contributed by atoms with Gasteiger partial charge >= 0.3 is 0 Å². The molecule has 0 aromatic carbocycles. The first-order chi connectivity index (χ1) is 8.08. The van der Waals surface area contributed by atoms with Crippen LogP contribution in [0.4, 0.5) is 0 Å². The van der Waals surface area contributed by atoms with Gasteiger partial charge in [0.1, 0.15) is 0 Å². The van der Waals surface area contributed by atoms with Gasteiger partial charge in [-0.05, 0) is 25.2 Å². The molecule has 2 rings (SSSR count). The Kier molecular flexibility index (Phi) is 3.73. The molecule has 98 valence electrons. The lowest BCUT2D eigenvalue weighted by atomic mass is 9.78. The fourth-order valence-electron chi connectivity index (χ4n) is 2.61. The molecule has 0 aromatic rings. The predicted molar refractivity (Wildman–Crippen MR) is 66.5 cm³/mol. The number of nitrogens with zero attached hydrogens (tertiary/aromatic N) is 1. The Hall–Kier alpha value is -0.610. The Balaban J connectivity index is 1.94. The van der Waals surface area contributed by atoms with Crippen LogP contribution in [0.5, 0.6) is 0 Å². The number of rotatable bonds is 3. The minimum atomic E-state index is -0.352. The van der Waals surface area contributed by atoms with E-state index in [1.807, 2.05) is 11.8 Å². The monoisotopic (exact) mass is 240 g/mol. The van der Waals surface area contributed by atoms with Crippen LogP contribution in [0.25, 0.3) is 0 Å². The highest BCUT2D eigenvalue weighted by Crippen LogP contribution is 2.38. The Bertz CT molecular complexity index is 289. The molecule has 1 aliphatic carbocycles. The van der Waals surface area contributed by atoms with Crippen LogP contribution in [0.15, 0.2) is 0 Å². The van der Waals surface area contributed by atoms with E-state index in [1.54, 1.807) is 0 Å². The largest absolute Gasteiger partial charge is 0.371 e. The van der Waals surface area contributed by atoms with Crippen LogP contribution in [0.3, 0.4) is 0 Å². The maximum absolute atomic E-state index is 12.3. The lowest BCUT2D eigenvalue weighted by Crippen LogP contribution is -2.60. The molecular weight excluding hydrogens is 216 g/mol. The number of morpholine rings is 1. The van der Waals surface area contributed by atoms with Crippen molar-refractivity contribution < 1.29 is 9.53 Å². The second kappa shape index (κ2) is 4.94. The van der Waals surface area contributed by atoms with Crippen LogP contribution in [0, 0.1) is 5.92 Å². The van der Waals surface area contributed by atoms with Crippen molar-refractivity contribution in [2.75, 3.05) is 19.7 Å². The molecule has 4 heteroatoms. The van der Waals surface area contributed by atoms with Crippen LogP contribution >= 0.6 is 0 Å². The number of hydrogen-bond acceptors (Lipinski definition) is 3. The van der Waals surface area contributed by atoms with Crippen molar-refractivity contribution in [1.29, 1.82) is 0 Å². The second-order valence-electron chi connectivity index (χ2n) is 5.56. The normalized spacial score (nSPS) is 26.4. The first kappa shape index (κ1) is 12.8. The van der Waals surface area contributed by atoms with Crippen molar-refractivity contribution in [2.24, 2.45) is 11.7 Å². The van der Waals surface area contributed by atoms with Crippen molar-refractivity contribution in [2.45, 2.75) is 51.2 Å². The van der Waals surface area contributed by atoms with E-state index in [0.29, 0.717) is 13.2 Å². The molecule has 1 saturated heterocycles. The molecule has 1 spiro atoms. The molecule has 1 heterocycles. The number of amides is 1. The van der Waals surface area contributed by atoms with Gasteiger partial charge in [0.25, 0.3) is 0 Å². The van der Waals surface area contributed by atoms with Crippen molar-refractivity contribution >= 4 is 5.91 Å². The SMILES string of the molecule is CCC(C)C(N)C(=O)N1CCOC2(CCC2)C1. The zero-order chi connectivity index (χ0) is 12.5. The third-order valence-electron chi connectivity index (χ3n) is 4.37. The van der Waals surface area contributed by atoms with Gasteiger partial charge < -0.3 is 15.4 Å². The summed E-state index contributed by atoms with van der Waals surface area (Å²) in [4.78, 5) is 14.2. The molecule has 2 N–H and O–H groups in total. The molecule has 1 amide bonds. The topological polar surface area (TPSA) is 55.6 Å². The minimum absolute atomic E-state index is 0.0247. The quantitative estimate of drug-likeness (QED) is 0.805. The Morgan fingerprint density at radius 3 is 2.76 bits per heavy atom. The lowest BCUT2D eigenvalue weighted by molar-refractivity contribution is -0.169. The minimum Gasteiger partial charge on any atom is -0.371 e. The highest BCUT2D eigenvalue weighted by Gasteiger charge is 2.43. The van der Waals surface area contributed by atoms with Gasteiger partial charge in [-0.3, -0.25) is 4.79 Å². The van der Waals surface area contributed by atoms with Crippen LogP contribution in [0.2, 0.25) is 0 Å². The fraction of sp³-hybridized carbons (Fsp3) is 0.923. The third kappa shape index (κ3) is 2.47. The van der Waals surface area contributed by atoms with Crippen molar-refractivity contribution in [3.63, 3.8) is 0 Å². The van der Waals surface area contributed by atoms with E-state index in [2.05, 4.69) is 6.92 Å². The van der Waals surface area contributed by atoms with Crippen LogP contribution in [0.1, 0.15) is 39.5 Å². The molecule has 2 atom stereocenters. The molecule has 0 aromatic heterocycles. The maximum Gasteiger partial charge on any atom is 0.239 e. The van der Waals surface area contributed by atoms with E-state index in [9.17, 15) is 4.79 Å². The first-order valence-electron chi connectivity index (χ1n) is 6.76. The van der Waals surface area contributed by atoms with Gasteiger partial charge in [0, 0.05) is 13.1 Å². The molecule has 0 bridgehead atoms. The molecule has 2 fully saturated rings. The Morgan fingerprint density at radius 1 is 1.53 bits per heavy atom. The molecular formula is C13H24N2O2. The summed E-state index contributed by atoms with van der Waals surface area (Å²) >= 11 is 0. The summed E-state index contributed by atoms with van der Waals surface area (Å²) in [5.41, 5.74) is 5.99. The van der Waals surface area contributed by atoms with Gasteiger partial charge in [0.05, 0.1) is 18.2 Å². The number of ether oxygens (including phenoxy) is 1. The highest BCUT2D eigenvalue weighted by molar-refractivity contribution is 5.82. The summed E-state index contributed by atoms with van der Waals surface area (Å²) in [6.45, 7) is 6.23. The predicted octanol–water partition coefficient (Wildman–Crippen LogP) is 1.14. The van der Waals surface area contributed by atoms with Crippen LogP contribution < -0.4 is 5.73 Å². The summed E-state index contributed by atoms with van der Waals surface area (Å²) in [7, 11) is 0. The van der Waals surface area contributed by atoms with E-state index < -0.39 is 0 Å². The molecule has 0 radical (unpaired) electrons. The van der Waals surface area contributed by atoms with Crippen LogP contribution in [-0.2, 0) is 9.53 Å². The van der Waals surface area contributed by atoms with Gasteiger partial charge in [0.2, 0.25) is 5.91 Å². The van der Waals surface area contributed by atoms with E-state index in [1.165, 1.54) is 6.42 Å². The fourth-order valence-corrected chi connectivity index (χ4v) is 2.61. The summed E-state index contributed by atoms with van der Waals surface area (Å²) in [6.07, 6.45) is 4.35. The van der Waals surface area contributed by atoms with E-state index in [0.717, 1.165) is 25.8 Å². The summed E-state index contributed by atoms with van der Waals surface area (Å²) in [6, 6.07) is -0.352. The third-order valence-corrected chi connectivity index (χ3v) is 4.37. The number of carbonyl (C=O) groups is 1. The average Bonchev–Trinajstić information content (AvgIpc) is 2.34. The van der Waals surface area contributed by atoms with Crippen LogP contribution in [-0.4, -0.2) is 42.1 Å². The molecule has 4 nitrogen and oxygen atoms in total. The molecule has 17 heavy (non-hydrogen) atoms. The van der Waals surface area contributed by atoms with Crippen molar-refractivity contribution in [3.05, 3.63) is 0 Å². The molecule has 2 unspecified atom stereocenters. The standard InChI is InChI=1S/C13H24N2O2/c1-3-10(2)11(14)12(16)15-7-8-17-13(9-15)5-4-6-13/h10-11H,3-9,14H2,1-2H3. The van der Waals surface area contributed by atoms with Gasteiger partial charge in [-0.2, -0.15) is 0 Å². The van der Waals surface area contributed by atoms with E-state index in [4.69, 9.17) is 10.5 Å². The van der Waals surface area contributed by atoms with E-state index >= 15 is 0 Å². The average molecular weight is 240 g/mol. The Labute approximate surface area is 103 Å². The summed E-state index contributed by atoms with van der Waals surface area (Å²) in [5.74, 6) is 0.358. The lowest BCUT2D eigenvalue weighted by Gasteiger charge is -2.48. The molecule has 2 aliphatic rings. The zero-order valence-corrected chi connectivity index (χ0v) is 10.9. The highest BCUT2D eigenvalue weighted by atomic mass is 16.5. The van der Waals surface area contributed by atoms with Gasteiger partial charge in [-0.25, -0.2) is 0 Å². The van der Waals surface area contributed by atoms with Crippen molar-refractivity contribution in [1.82, 2.24) is 4.90 Å². The second-order valence-corrected chi connectivity index (χ2v) is 5.56. The van der Waals surface area contributed by atoms with Gasteiger partial charge in [-0.15, -0.1) is 0 Å².